The second-order valence-corrected chi connectivity index (χ2v) is 3.98. The van der Waals surface area contributed by atoms with Gasteiger partial charge < -0.3 is 0 Å². The van der Waals surface area contributed by atoms with Crippen LogP contribution < -0.4 is 0 Å². The van der Waals surface area contributed by atoms with Crippen LogP contribution in [-0.4, -0.2) is 9.30 Å². The molecule has 0 unspecified atom stereocenters. The molecule has 0 saturated heterocycles. The molecule has 1 radical (unpaired) electrons. The summed E-state index contributed by atoms with van der Waals surface area (Å²) in [6.45, 7) is 0. The summed E-state index contributed by atoms with van der Waals surface area (Å²) in [4.78, 5) is 10.0. The van der Waals surface area contributed by atoms with Crippen molar-refractivity contribution < 1.29 is 4.92 Å². The topological polar surface area (TPSA) is 56.0 Å². The second kappa shape index (κ2) is 3.04. The normalized spacial score (nSPS) is 10.5. The first kappa shape index (κ1) is 8.58. The number of nitro groups is 1. The maximum Gasteiger partial charge on any atom is 0.271 e. The molecule has 2 aromatic rings. The molecule has 1 aromatic heterocycles. The SMILES string of the molecule is O=[N+]([O-])c1cc(Br)c2sn[c]c2c1. The van der Waals surface area contributed by atoms with E-state index in [0.29, 0.717) is 9.86 Å². The van der Waals surface area contributed by atoms with E-state index in [1.54, 1.807) is 0 Å². The van der Waals surface area contributed by atoms with Crippen molar-refractivity contribution in [2.45, 2.75) is 0 Å². The van der Waals surface area contributed by atoms with Crippen LogP contribution in [0.25, 0.3) is 10.1 Å². The summed E-state index contributed by atoms with van der Waals surface area (Å²) in [5, 5.41) is 11.1. The Hall–Kier alpha value is -1.01. The number of hydrogen-bond donors (Lipinski definition) is 0. The van der Waals surface area contributed by atoms with Gasteiger partial charge in [-0.1, -0.05) is 0 Å². The number of nitrogens with zero attached hydrogens (tertiary/aromatic N) is 2. The minimum absolute atomic E-state index is 0.0517. The van der Waals surface area contributed by atoms with Crippen molar-refractivity contribution >= 4 is 43.2 Å². The predicted octanol–water partition coefficient (Wildman–Crippen LogP) is 2.77. The molecule has 1 aromatic carbocycles. The third kappa shape index (κ3) is 1.42. The van der Waals surface area contributed by atoms with Gasteiger partial charge in [0.25, 0.3) is 5.69 Å². The van der Waals surface area contributed by atoms with Crippen molar-refractivity contribution in [2.75, 3.05) is 0 Å². The van der Waals surface area contributed by atoms with Crippen LogP contribution in [0.1, 0.15) is 0 Å². The van der Waals surface area contributed by atoms with Crippen molar-refractivity contribution in [3.05, 3.63) is 32.9 Å². The van der Waals surface area contributed by atoms with Gasteiger partial charge in [-0.15, -0.1) is 0 Å². The Balaban J connectivity index is 2.77. The summed E-state index contributed by atoms with van der Waals surface area (Å²) in [5.74, 6) is 0. The van der Waals surface area contributed by atoms with Gasteiger partial charge in [-0.25, -0.2) is 0 Å². The first-order valence-electron chi connectivity index (χ1n) is 3.29. The number of non-ortho nitro benzene ring substituents is 1. The molecule has 0 aliphatic carbocycles. The largest absolute Gasteiger partial charge is 0.271 e. The van der Waals surface area contributed by atoms with Crippen LogP contribution in [0.2, 0.25) is 0 Å². The number of fused-ring (bicyclic) bond motifs is 1. The van der Waals surface area contributed by atoms with Crippen LogP contribution in [0.5, 0.6) is 0 Å². The van der Waals surface area contributed by atoms with E-state index in [4.69, 9.17) is 0 Å². The lowest BCUT2D eigenvalue weighted by Gasteiger charge is -1.93. The molecule has 13 heavy (non-hydrogen) atoms. The van der Waals surface area contributed by atoms with Crippen LogP contribution in [0.4, 0.5) is 5.69 Å². The monoisotopic (exact) mass is 257 g/mol. The van der Waals surface area contributed by atoms with Gasteiger partial charge in [-0.05, 0) is 27.5 Å². The molecule has 0 N–H and O–H groups in total. The molecule has 0 bridgehead atoms. The molecule has 0 saturated carbocycles. The van der Waals surface area contributed by atoms with Gasteiger partial charge in [0.1, 0.15) is 6.20 Å². The molecule has 0 aliphatic rings. The second-order valence-electron chi connectivity index (χ2n) is 2.36. The van der Waals surface area contributed by atoms with Gasteiger partial charge >= 0.3 is 0 Å². The van der Waals surface area contributed by atoms with Crippen molar-refractivity contribution in [3.63, 3.8) is 0 Å². The highest BCUT2D eigenvalue weighted by molar-refractivity contribution is 9.10. The summed E-state index contributed by atoms with van der Waals surface area (Å²) in [5.41, 5.74) is 0.0517. The van der Waals surface area contributed by atoms with Gasteiger partial charge in [0.15, 0.2) is 0 Å². The molecule has 0 aliphatic heterocycles. The number of rotatable bonds is 1. The zero-order valence-corrected chi connectivity index (χ0v) is 8.55. The highest BCUT2D eigenvalue weighted by atomic mass is 79.9. The Labute approximate surface area is 85.6 Å². The third-order valence-corrected chi connectivity index (χ3v) is 3.24. The van der Waals surface area contributed by atoms with Crippen molar-refractivity contribution in [3.8, 4) is 0 Å². The molecule has 2 rings (SSSR count). The first-order valence-corrected chi connectivity index (χ1v) is 4.86. The van der Waals surface area contributed by atoms with E-state index in [9.17, 15) is 10.1 Å². The molecular formula is C7H2BrN2O2S. The zero-order chi connectivity index (χ0) is 9.42. The van der Waals surface area contributed by atoms with E-state index in [2.05, 4.69) is 26.5 Å². The van der Waals surface area contributed by atoms with Gasteiger partial charge in [0.05, 0.1) is 9.62 Å². The molecule has 65 valence electrons. The molecule has 6 heteroatoms. The minimum Gasteiger partial charge on any atom is -0.258 e. The Bertz CT molecular complexity index is 482. The lowest BCUT2D eigenvalue weighted by molar-refractivity contribution is -0.384. The quantitative estimate of drug-likeness (QED) is 0.583. The summed E-state index contributed by atoms with van der Waals surface area (Å²) in [6, 6.07) is 2.93. The van der Waals surface area contributed by atoms with Gasteiger partial charge in [0, 0.05) is 22.0 Å². The summed E-state index contributed by atoms with van der Waals surface area (Å²) in [7, 11) is 0. The Kier molecular flexibility index (Phi) is 2.01. The van der Waals surface area contributed by atoms with Crippen molar-refractivity contribution in [2.24, 2.45) is 0 Å². The van der Waals surface area contributed by atoms with Gasteiger partial charge in [-0.3, -0.25) is 10.1 Å². The maximum absolute atomic E-state index is 10.5. The van der Waals surface area contributed by atoms with E-state index in [-0.39, 0.29) is 5.69 Å². The molecule has 0 atom stereocenters. The summed E-state index contributed by atoms with van der Waals surface area (Å²) >= 11 is 4.50. The molecular weight excluding hydrogens is 256 g/mol. The molecule has 4 nitrogen and oxygen atoms in total. The van der Waals surface area contributed by atoms with Crippen molar-refractivity contribution in [1.82, 2.24) is 4.37 Å². The number of benzene rings is 1. The highest BCUT2D eigenvalue weighted by Gasteiger charge is 2.11. The number of nitro benzene ring substituents is 1. The first-order chi connectivity index (χ1) is 6.18. The fourth-order valence-corrected chi connectivity index (χ4v) is 2.23. The van der Waals surface area contributed by atoms with Crippen LogP contribution in [0.3, 0.4) is 0 Å². The van der Waals surface area contributed by atoms with E-state index < -0.39 is 4.92 Å². The Morgan fingerprint density at radius 2 is 2.38 bits per heavy atom. The smallest absolute Gasteiger partial charge is 0.258 e. The molecule has 0 spiro atoms. The fraction of sp³-hybridized carbons (Fsp3) is 0. The highest BCUT2D eigenvalue weighted by Crippen LogP contribution is 2.31. The minimum atomic E-state index is -0.435. The molecule has 1 heterocycles. The number of halogens is 1. The lowest BCUT2D eigenvalue weighted by Crippen LogP contribution is -1.86. The van der Waals surface area contributed by atoms with E-state index in [0.717, 1.165) is 4.70 Å². The Morgan fingerprint density at radius 1 is 1.62 bits per heavy atom. The van der Waals surface area contributed by atoms with E-state index >= 15 is 0 Å². The lowest BCUT2D eigenvalue weighted by atomic mass is 10.2. The van der Waals surface area contributed by atoms with Crippen LogP contribution in [0.15, 0.2) is 16.6 Å². The van der Waals surface area contributed by atoms with Crippen molar-refractivity contribution in [1.29, 1.82) is 0 Å². The van der Waals surface area contributed by atoms with E-state index in [1.807, 2.05) is 0 Å². The fourth-order valence-electron chi connectivity index (χ4n) is 0.978. The average molecular weight is 258 g/mol. The van der Waals surface area contributed by atoms with Crippen LogP contribution in [0, 0.1) is 16.3 Å². The Morgan fingerprint density at radius 3 is 3.08 bits per heavy atom. The van der Waals surface area contributed by atoms with Gasteiger partial charge in [-0.2, -0.15) is 4.37 Å². The van der Waals surface area contributed by atoms with Gasteiger partial charge in [0.2, 0.25) is 0 Å². The van der Waals surface area contributed by atoms with Crippen LogP contribution >= 0.6 is 27.5 Å². The summed E-state index contributed by atoms with van der Waals surface area (Å²) < 4.78 is 5.40. The number of hydrogen-bond acceptors (Lipinski definition) is 4. The molecule has 0 amide bonds. The number of aromatic nitrogens is 1. The summed E-state index contributed by atoms with van der Waals surface area (Å²) in [6.07, 6.45) is 2.69. The molecule has 0 fully saturated rings. The zero-order valence-electron chi connectivity index (χ0n) is 6.15. The van der Waals surface area contributed by atoms with E-state index in [1.165, 1.54) is 23.7 Å². The average Bonchev–Trinajstić information content (AvgIpc) is 2.51. The predicted molar refractivity (Wildman–Crippen MR) is 52.8 cm³/mol. The standard InChI is InChI=1S/C7H2BrN2O2S/c8-6-2-5(10(11)12)1-4-3-9-13-7(4)6/h1-2H. The third-order valence-electron chi connectivity index (χ3n) is 1.54. The maximum atomic E-state index is 10.5. The van der Waals surface area contributed by atoms with Crippen LogP contribution in [-0.2, 0) is 0 Å².